The number of fused-ring (bicyclic) bond motifs is 1. The minimum atomic E-state index is -0.835. The van der Waals surface area contributed by atoms with E-state index in [0.717, 1.165) is 5.56 Å². The molecule has 1 heterocycles. The highest BCUT2D eigenvalue weighted by Gasteiger charge is 2.41. The molecule has 0 saturated carbocycles. The third kappa shape index (κ3) is 3.26. The molecule has 0 aliphatic carbocycles. The predicted molar refractivity (Wildman–Crippen MR) is 97.6 cm³/mol. The first-order valence-electron chi connectivity index (χ1n) is 8.29. The summed E-state index contributed by atoms with van der Waals surface area (Å²) in [6.45, 7) is 0. The molecule has 0 fully saturated rings. The lowest BCUT2D eigenvalue weighted by Crippen LogP contribution is -2.38. The second kappa shape index (κ2) is 7.75. The van der Waals surface area contributed by atoms with E-state index < -0.39 is 12.2 Å². The third-order valence-electron chi connectivity index (χ3n) is 4.52. The quantitative estimate of drug-likeness (QED) is 0.769. The Labute approximate surface area is 157 Å². The summed E-state index contributed by atoms with van der Waals surface area (Å²) in [7, 11) is 7.61. The van der Waals surface area contributed by atoms with Gasteiger partial charge < -0.3 is 28.4 Å². The van der Waals surface area contributed by atoms with Gasteiger partial charge in [-0.25, -0.2) is 0 Å². The van der Waals surface area contributed by atoms with Crippen LogP contribution < -0.4 is 23.7 Å². The molecule has 2 atom stereocenters. The highest BCUT2D eigenvalue weighted by molar-refractivity contribution is 6.06. The Balaban J connectivity index is 2.10. The molecule has 7 heteroatoms. The number of hydrogen-bond acceptors (Lipinski definition) is 7. The molecule has 2 aromatic rings. The monoisotopic (exact) mass is 374 g/mol. The minimum Gasteiger partial charge on any atom is -0.496 e. The number of carbonyl (C=O) groups is 1. The molecule has 0 unspecified atom stereocenters. The van der Waals surface area contributed by atoms with Gasteiger partial charge in [0.1, 0.15) is 22.8 Å². The number of ketones is 1. The van der Waals surface area contributed by atoms with Gasteiger partial charge in [-0.05, 0) is 17.7 Å². The molecule has 27 heavy (non-hydrogen) atoms. The average Bonchev–Trinajstić information content (AvgIpc) is 2.71. The summed E-state index contributed by atoms with van der Waals surface area (Å²) in [6, 6.07) is 8.65. The first kappa shape index (κ1) is 18.8. The van der Waals surface area contributed by atoms with Crippen LogP contribution in [0.25, 0.3) is 0 Å². The minimum absolute atomic E-state index is 0.224. The van der Waals surface area contributed by atoms with Crippen molar-refractivity contribution in [3.8, 4) is 28.7 Å². The highest BCUT2D eigenvalue weighted by atomic mass is 16.5. The Morgan fingerprint density at radius 3 is 2.11 bits per heavy atom. The van der Waals surface area contributed by atoms with E-state index in [-0.39, 0.29) is 5.78 Å². The second-order valence-corrected chi connectivity index (χ2v) is 5.88. The van der Waals surface area contributed by atoms with Crippen LogP contribution in [0.15, 0.2) is 30.3 Å². The fourth-order valence-electron chi connectivity index (χ4n) is 3.16. The predicted octanol–water partition coefficient (Wildman–Crippen LogP) is 3.05. The molecule has 144 valence electrons. The topological polar surface area (TPSA) is 72.5 Å². The van der Waals surface area contributed by atoms with Crippen molar-refractivity contribution in [3.63, 3.8) is 0 Å². The van der Waals surface area contributed by atoms with E-state index >= 15 is 0 Å². The molecule has 0 aromatic heterocycles. The van der Waals surface area contributed by atoms with Crippen molar-refractivity contribution in [3.05, 3.63) is 41.5 Å². The number of carbonyl (C=O) groups excluding carboxylic acids is 1. The van der Waals surface area contributed by atoms with Crippen LogP contribution in [0.3, 0.4) is 0 Å². The number of hydrogen-bond donors (Lipinski definition) is 0. The maximum absolute atomic E-state index is 13.1. The lowest BCUT2D eigenvalue weighted by Gasteiger charge is -2.33. The number of ether oxygens (including phenoxy) is 6. The van der Waals surface area contributed by atoms with Gasteiger partial charge in [-0.3, -0.25) is 4.79 Å². The molecule has 3 rings (SSSR count). The van der Waals surface area contributed by atoms with E-state index in [1.807, 2.05) is 6.07 Å². The van der Waals surface area contributed by atoms with Gasteiger partial charge in [0.05, 0.1) is 28.4 Å². The zero-order valence-corrected chi connectivity index (χ0v) is 15.9. The summed E-state index contributed by atoms with van der Waals surface area (Å²) >= 11 is 0. The fraction of sp³-hybridized carbons (Fsp3) is 0.350. The summed E-state index contributed by atoms with van der Waals surface area (Å²) in [4.78, 5) is 13.1. The highest BCUT2D eigenvalue weighted by Crippen LogP contribution is 2.44. The van der Waals surface area contributed by atoms with Gasteiger partial charge >= 0.3 is 0 Å². The van der Waals surface area contributed by atoms with Gasteiger partial charge in [0, 0.05) is 19.2 Å². The standard InChI is InChI=1S/C20H22O7/c1-22-12-9-15(25-4)17-16(10-12)27-19(20(26-5)18(17)21)11-6-7-13(23-2)14(8-11)24-3/h6-10,19-20H,1-5H3/t19-,20-/m1/s1. The Morgan fingerprint density at radius 1 is 0.815 bits per heavy atom. The van der Waals surface area contributed by atoms with E-state index in [1.165, 1.54) is 21.3 Å². The summed E-state index contributed by atoms with van der Waals surface area (Å²) in [6.07, 6.45) is -1.50. The average molecular weight is 374 g/mol. The zero-order valence-electron chi connectivity index (χ0n) is 15.9. The van der Waals surface area contributed by atoms with Crippen molar-refractivity contribution in [2.45, 2.75) is 12.2 Å². The fourth-order valence-corrected chi connectivity index (χ4v) is 3.16. The van der Waals surface area contributed by atoms with Gasteiger partial charge in [0.25, 0.3) is 0 Å². The molecule has 0 bridgehead atoms. The SMILES string of the molecule is COc1cc(OC)c2c(c1)O[C@H](c1ccc(OC)c(OC)c1)[C@H](OC)C2=O. The Kier molecular flexibility index (Phi) is 5.41. The third-order valence-corrected chi connectivity index (χ3v) is 4.52. The number of rotatable bonds is 6. The van der Waals surface area contributed by atoms with Gasteiger partial charge in [-0.15, -0.1) is 0 Å². The van der Waals surface area contributed by atoms with Crippen LogP contribution in [0, 0.1) is 0 Å². The molecule has 0 N–H and O–H groups in total. The summed E-state index contributed by atoms with van der Waals surface area (Å²) in [5, 5.41) is 0. The van der Waals surface area contributed by atoms with Gasteiger partial charge in [0.15, 0.2) is 23.7 Å². The smallest absolute Gasteiger partial charge is 0.203 e. The first-order valence-corrected chi connectivity index (χ1v) is 8.29. The molecular weight excluding hydrogens is 352 g/mol. The van der Waals surface area contributed by atoms with E-state index in [1.54, 1.807) is 38.5 Å². The molecule has 0 radical (unpaired) electrons. The Morgan fingerprint density at radius 2 is 1.52 bits per heavy atom. The molecule has 1 aliphatic heterocycles. The van der Waals surface area contributed by atoms with Crippen molar-refractivity contribution in [1.82, 2.24) is 0 Å². The number of methoxy groups -OCH3 is 5. The van der Waals surface area contributed by atoms with Crippen LogP contribution in [0.4, 0.5) is 0 Å². The molecule has 0 saturated heterocycles. The van der Waals surface area contributed by atoms with E-state index in [2.05, 4.69) is 0 Å². The lowest BCUT2D eigenvalue weighted by atomic mass is 9.92. The number of benzene rings is 2. The molecule has 7 nitrogen and oxygen atoms in total. The first-order chi connectivity index (χ1) is 13.1. The maximum Gasteiger partial charge on any atom is 0.203 e. The summed E-state index contributed by atoms with van der Waals surface area (Å²) in [5.41, 5.74) is 1.06. The van der Waals surface area contributed by atoms with Crippen molar-refractivity contribution in [1.29, 1.82) is 0 Å². The molecule has 2 aromatic carbocycles. The van der Waals surface area contributed by atoms with Crippen molar-refractivity contribution < 1.29 is 33.2 Å². The van der Waals surface area contributed by atoms with Crippen LogP contribution in [0.1, 0.15) is 22.0 Å². The Bertz CT molecular complexity index is 846. The largest absolute Gasteiger partial charge is 0.496 e. The lowest BCUT2D eigenvalue weighted by molar-refractivity contribution is -0.00117. The zero-order chi connectivity index (χ0) is 19.6. The normalized spacial score (nSPS) is 18.3. The summed E-state index contributed by atoms with van der Waals surface area (Å²) < 4.78 is 32.9. The molecular formula is C20H22O7. The second-order valence-electron chi connectivity index (χ2n) is 5.88. The van der Waals surface area contributed by atoms with Crippen LogP contribution in [0.2, 0.25) is 0 Å². The molecule has 1 aliphatic rings. The van der Waals surface area contributed by atoms with Crippen molar-refractivity contribution in [2.75, 3.05) is 35.5 Å². The van der Waals surface area contributed by atoms with E-state index in [9.17, 15) is 4.79 Å². The van der Waals surface area contributed by atoms with Crippen molar-refractivity contribution in [2.24, 2.45) is 0 Å². The van der Waals surface area contributed by atoms with E-state index in [4.69, 9.17) is 28.4 Å². The van der Waals surface area contributed by atoms with Crippen LogP contribution >= 0.6 is 0 Å². The van der Waals surface area contributed by atoms with Crippen molar-refractivity contribution >= 4 is 5.78 Å². The molecule has 0 spiro atoms. The van der Waals surface area contributed by atoms with E-state index in [0.29, 0.717) is 34.3 Å². The summed E-state index contributed by atoms with van der Waals surface area (Å²) in [5.74, 6) is 2.18. The maximum atomic E-state index is 13.1. The number of Topliss-reactive ketones (excluding diaryl/α,β-unsaturated/α-hetero) is 1. The van der Waals surface area contributed by atoms with Crippen LogP contribution in [-0.2, 0) is 4.74 Å². The van der Waals surface area contributed by atoms with Crippen LogP contribution in [-0.4, -0.2) is 47.4 Å². The van der Waals surface area contributed by atoms with Gasteiger partial charge in [0.2, 0.25) is 5.78 Å². The molecule has 0 amide bonds. The van der Waals surface area contributed by atoms with Gasteiger partial charge in [-0.2, -0.15) is 0 Å². The Hall–Kier alpha value is -2.93. The van der Waals surface area contributed by atoms with Gasteiger partial charge in [-0.1, -0.05) is 6.07 Å². The van der Waals surface area contributed by atoms with Crippen LogP contribution in [0.5, 0.6) is 28.7 Å².